The Morgan fingerprint density at radius 2 is 1.08 bits per heavy atom. The number of pyridine rings is 2. The van der Waals surface area contributed by atoms with Crippen molar-refractivity contribution in [2.75, 3.05) is 51.9 Å². The zero-order chi connectivity index (χ0) is 53.1. The van der Waals surface area contributed by atoms with Crippen LogP contribution >= 0.6 is 23.2 Å². The molecule has 394 valence electrons. The third-order valence-corrected chi connectivity index (χ3v) is 13.8. The lowest BCUT2D eigenvalue weighted by atomic mass is 9.95. The third kappa shape index (κ3) is 16.2. The Labute approximate surface area is 436 Å². The second-order valence-electron chi connectivity index (χ2n) is 18.5. The standard InChI is InChI=1S/2C18H20ClN5O2.2C8H17N.C2H6/c1-4-20-16-6-12(19)5-14(10(16)2)18(26)21-9-15-11(3)24-13(7-17(15)25)8-22-23-24;1-4-20-15-6-12(19)5-13(10(15)2)18(26)21-8-14-11(3)24-17(7-16(14)25)22-9-23-24;2*1-9(2)8-6-4-3-5-7-8;1-2/h5-8,20,23H,4,9H2,1-3H3,(H,21,26);5-7,9,20H,4,8H2,1-3H3,(H,21,26)(H,22,23);2*8H,3-7H2,1-2H3;1-2H3. The molecule has 6 aromatic rings. The van der Waals surface area contributed by atoms with Gasteiger partial charge in [0, 0.05) is 105 Å². The van der Waals surface area contributed by atoms with Crippen molar-refractivity contribution < 1.29 is 9.59 Å². The normalized spacial score (nSPS) is 13.7. The molecule has 16 nitrogen and oxygen atoms in total. The maximum Gasteiger partial charge on any atom is 0.251 e. The average Bonchev–Trinajstić information content (AvgIpc) is 4.05. The molecule has 4 aromatic heterocycles. The van der Waals surface area contributed by atoms with Crippen molar-refractivity contribution in [1.82, 2.24) is 49.9 Å². The molecule has 72 heavy (non-hydrogen) atoms. The average molecular weight is 1030 g/mol. The molecule has 0 radical (unpaired) electrons. The first-order valence-electron chi connectivity index (χ1n) is 25.5. The summed E-state index contributed by atoms with van der Waals surface area (Å²) >= 11 is 12.3. The van der Waals surface area contributed by atoms with Crippen LogP contribution in [0.3, 0.4) is 0 Å². The Balaban J connectivity index is 0.000000228. The number of aromatic nitrogens is 6. The molecule has 0 aliphatic heterocycles. The van der Waals surface area contributed by atoms with Gasteiger partial charge in [-0.2, -0.15) is 5.10 Å². The molecule has 4 heterocycles. The summed E-state index contributed by atoms with van der Waals surface area (Å²) in [5.74, 6) is -0.560. The molecule has 2 saturated carbocycles. The summed E-state index contributed by atoms with van der Waals surface area (Å²) in [6.07, 6.45) is 17.5. The van der Waals surface area contributed by atoms with Crippen molar-refractivity contribution in [3.05, 3.63) is 124 Å². The van der Waals surface area contributed by atoms with Crippen molar-refractivity contribution in [3.8, 4) is 0 Å². The highest BCUT2D eigenvalue weighted by Gasteiger charge is 2.19. The Hall–Kier alpha value is -5.68. The van der Waals surface area contributed by atoms with E-state index in [2.05, 4.69) is 79.7 Å². The van der Waals surface area contributed by atoms with Crippen molar-refractivity contribution in [1.29, 1.82) is 0 Å². The monoisotopic (exact) mass is 1030 g/mol. The number of anilines is 2. The Kier molecular flexibility index (Phi) is 23.8. The van der Waals surface area contributed by atoms with Crippen LogP contribution in [0.5, 0.6) is 0 Å². The summed E-state index contributed by atoms with van der Waals surface area (Å²) in [5.41, 5.74) is 7.58. The quantitative estimate of drug-likeness (QED) is 0.0688. The van der Waals surface area contributed by atoms with E-state index in [4.69, 9.17) is 23.2 Å². The first-order chi connectivity index (χ1) is 34.4. The fraction of sp³-hybridized carbons (Fsp3) is 0.519. The zero-order valence-electron chi connectivity index (χ0n) is 44.7. The minimum Gasteiger partial charge on any atom is -0.385 e. The highest BCUT2D eigenvalue weighted by Crippen LogP contribution is 2.27. The largest absolute Gasteiger partial charge is 0.385 e. The van der Waals surface area contributed by atoms with E-state index in [0.717, 1.165) is 47.7 Å². The van der Waals surface area contributed by atoms with Crippen LogP contribution in [-0.2, 0) is 13.1 Å². The van der Waals surface area contributed by atoms with Gasteiger partial charge in [0.1, 0.15) is 6.33 Å². The van der Waals surface area contributed by atoms with Gasteiger partial charge in [0.25, 0.3) is 11.8 Å². The van der Waals surface area contributed by atoms with E-state index < -0.39 is 0 Å². The molecular formula is C54H80Cl2N12O4. The SMILES string of the molecule is CC.CCNc1cc(Cl)cc(C(=O)NCc2c(C)n3[nH]cnc3cc2=O)c1C.CCNc1cc(Cl)cc(C(=O)NCc2c(C)n3[nH]ncc3cc2=O)c1C.CN(C)C1CCCCC1.CN(C)C1CCCCC1. The summed E-state index contributed by atoms with van der Waals surface area (Å²) < 4.78 is 3.41. The minimum atomic E-state index is -0.280. The lowest BCUT2D eigenvalue weighted by molar-refractivity contribution is 0.0942. The molecule has 0 unspecified atom stereocenters. The summed E-state index contributed by atoms with van der Waals surface area (Å²) in [5, 5.41) is 22.6. The number of nitrogens with one attached hydrogen (secondary N) is 6. The van der Waals surface area contributed by atoms with E-state index in [9.17, 15) is 19.2 Å². The number of nitrogens with zero attached hydrogens (tertiary/aromatic N) is 6. The van der Waals surface area contributed by atoms with Gasteiger partial charge in [-0.25, -0.2) is 19.2 Å². The van der Waals surface area contributed by atoms with Crippen LogP contribution in [0.2, 0.25) is 10.0 Å². The molecule has 2 amide bonds. The maximum absolute atomic E-state index is 12.7. The van der Waals surface area contributed by atoms with Gasteiger partial charge >= 0.3 is 0 Å². The van der Waals surface area contributed by atoms with E-state index >= 15 is 0 Å². The zero-order valence-corrected chi connectivity index (χ0v) is 46.3. The summed E-state index contributed by atoms with van der Waals surface area (Å²) in [7, 11) is 8.76. The number of fused-ring (bicyclic) bond motifs is 2. The van der Waals surface area contributed by atoms with E-state index in [1.54, 1.807) is 39.5 Å². The molecule has 0 saturated heterocycles. The van der Waals surface area contributed by atoms with Crippen LogP contribution in [-0.4, -0.2) is 104 Å². The van der Waals surface area contributed by atoms with Crippen LogP contribution in [0.15, 0.2) is 58.5 Å². The molecular weight excluding hydrogens is 952 g/mol. The molecule has 2 aromatic carbocycles. The summed E-state index contributed by atoms with van der Waals surface area (Å²) in [4.78, 5) is 58.7. The summed E-state index contributed by atoms with van der Waals surface area (Å²) in [6.45, 7) is 17.0. The molecule has 2 aliphatic carbocycles. The van der Waals surface area contributed by atoms with E-state index in [0.29, 0.717) is 54.9 Å². The van der Waals surface area contributed by atoms with Gasteiger partial charge in [-0.05, 0) is 131 Å². The van der Waals surface area contributed by atoms with Crippen LogP contribution < -0.4 is 32.1 Å². The Morgan fingerprint density at radius 3 is 1.50 bits per heavy atom. The van der Waals surface area contributed by atoms with Gasteiger partial charge in [-0.1, -0.05) is 75.6 Å². The second-order valence-corrected chi connectivity index (χ2v) is 19.4. The molecule has 0 atom stereocenters. The van der Waals surface area contributed by atoms with Gasteiger partial charge in [-0.15, -0.1) is 0 Å². The predicted octanol–water partition coefficient (Wildman–Crippen LogP) is 10.1. The van der Waals surface area contributed by atoms with Crippen molar-refractivity contribution in [2.24, 2.45) is 0 Å². The van der Waals surface area contributed by atoms with Crippen LogP contribution in [0, 0.1) is 27.7 Å². The van der Waals surface area contributed by atoms with E-state index in [-0.39, 0.29) is 35.8 Å². The van der Waals surface area contributed by atoms with Crippen LogP contribution in [0.1, 0.15) is 146 Å². The molecule has 8 rings (SSSR count). The van der Waals surface area contributed by atoms with Gasteiger partial charge < -0.3 is 31.1 Å². The molecule has 18 heteroatoms. The summed E-state index contributed by atoms with van der Waals surface area (Å²) in [6, 6.07) is 11.6. The lowest BCUT2D eigenvalue weighted by Gasteiger charge is -2.27. The topological polar surface area (TPSA) is 189 Å². The smallest absolute Gasteiger partial charge is 0.251 e. The van der Waals surface area contributed by atoms with E-state index in [1.807, 2.05) is 55.4 Å². The van der Waals surface area contributed by atoms with Gasteiger partial charge in [0.15, 0.2) is 16.5 Å². The molecule has 2 fully saturated rings. The van der Waals surface area contributed by atoms with Gasteiger partial charge in [0.2, 0.25) is 0 Å². The first kappa shape index (κ1) is 58.9. The minimum absolute atomic E-state index is 0.119. The predicted molar refractivity (Wildman–Crippen MR) is 297 cm³/mol. The number of aromatic amines is 2. The lowest BCUT2D eigenvalue weighted by Crippen LogP contribution is -2.29. The fourth-order valence-electron chi connectivity index (χ4n) is 9.07. The molecule has 2 aliphatic rings. The fourth-order valence-corrected chi connectivity index (χ4v) is 9.51. The van der Waals surface area contributed by atoms with E-state index in [1.165, 1.54) is 82.7 Å². The number of aryl methyl sites for hydroxylation is 2. The third-order valence-electron chi connectivity index (χ3n) is 13.3. The van der Waals surface area contributed by atoms with Gasteiger partial charge in [0.05, 0.1) is 11.7 Å². The number of rotatable bonds is 12. The molecule has 0 spiro atoms. The number of H-pyrrole nitrogens is 2. The Bertz CT molecular complexity index is 2610. The number of carbonyl (C=O) groups excluding carboxylic acids is 2. The van der Waals surface area contributed by atoms with Crippen molar-refractivity contribution in [3.63, 3.8) is 0 Å². The molecule has 6 N–H and O–H groups in total. The number of benzene rings is 2. The highest BCUT2D eigenvalue weighted by atomic mass is 35.5. The van der Waals surface area contributed by atoms with Crippen LogP contribution in [0.25, 0.3) is 11.2 Å². The first-order valence-corrected chi connectivity index (χ1v) is 26.3. The van der Waals surface area contributed by atoms with Crippen molar-refractivity contribution >= 4 is 57.6 Å². The highest BCUT2D eigenvalue weighted by molar-refractivity contribution is 6.31. The second kappa shape index (κ2) is 29.1. The Morgan fingerprint density at radius 1 is 0.653 bits per heavy atom. The number of hydrogen-bond donors (Lipinski definition) is 6. The maximum atomic E-state index is 12.7. The number of carbonyl (C=O) groups is 2. The number of hydrogen-bond acceptors (Lipinski definition) is 10. The van der Waals surface area contributed by atoms with Gasteiger partial charge in [-0.3, -0.25) is 24.3 Å². The number of halogens is 2. The van der Waals surface area contributed by atoms with Crippen LogP contribution in [0.4, 0.5) is 11.4 Å². The molecule has 0 bridgehead atoms. The van der Waals surface area contributed by atoms with Crippen molar-refractivity contribution in [2.45, 2.75) is 145 Å². The number of amides is 2.